The average Bonchev–Trinajstić information content (AvgIpc) is 3.45. The molecule has 2 bridgehead atoms. The SMILES string of the molecule is CN=C(NCCN1C(=O)C2C3C=CC(C3)C2C1=O)NCC(C)N(C)c1ccccc1.I. The molecule has 1 aliphatic heterocycles. The molecule has 4 rings (SSSR count). The number of hydrogen-bond donors (Lipinski definition) is 2. The van der Waals surface area contributed by atoms with Crippen LogP contribution in [0, 0.1) is 23.7 Å². The second-order valence-corrected chi connectivity index (χ2v) is 8.50. The summed E-state index contributed by atoms with van der Waals surface area (Å²) in [5.41, 5.74) is 1.16. The molecule has 3 aliphatic rings. The summed E-state index contributed by atoms with van der Waals surface area (Å²) in [6.07, 6.45) is 5.21. The Labute approximate surface area is 201 Å². The third kappa shape index (κ3) is 4.58. The van der Waals surface area contributed by atoms with Crippen LogP contribution in [-0.4, -0.2) is 62.4 Å². The Morgan fingerprint density at radius 2 is 1.74 bits per heavy atom. The lowest BCUT2D eigenvalue weighted by molar-refractivity contribution is -0.140. The van der Waals surface area contributed by atoms with Crippen LogP contribution >= 0.6 is 24.0 Å². The molecule has 1 aromatic carbocycles. The van der Waals surface area contributed by atoms with Gasteiger partial charge in [-0.25, -0.2) is 0 Å². The van der Waals surface area contributed by atoms with Gasteiger partial charge in [0.15, 0.2) is 5.96 Å². The number of imide groups is 1. The predicted octanol–water partition coefficient (Wildman–Crippen LogP) is 2.10. The molecule has 0 radical (unpaired) electrons. The molecule has 31 heavy (non-hydrogen) atoms. The molecule has 2 aliphatic carbocycles. The molecule has 1 heterocycles. The van der Waals surface area contributed by atoms with Gasteiger partial charge in [-0.2, -0.15) is 0 Å². The normalized spacial score (nSPS) is 27.2. The van der Waals surface area contributed by atoms with Crippen LogP contribution < -0.4 is 15.5 Å². The number of carbonyl (C=O) groups excluding carboxylic acids is 2. The average molecular weight is 537 g/mol. The minimum atomic E-state index is -0.126. The highest BCUT2D eigenvalue weighted by Gasteiger charge is 2.58. The topological polar surface area (TPSA) is 77.0 Å². The summed E-state index contributed by atoms with van der Waals surface area (Å²) in [7, 11) is 3.79. The van der Waals surface area contributed by atoms with E-state index in [0.717, 1.165) is 12.1 Å². The van der Waals surface area contributed by atoms with Crippen LogP contribution in [0.25, 0.3) is 0 Å². The number of benzene rings is 1. The van der Waals surface area contributed by atoms with Crippen molar-refractivity contribution in [2.24, 2.45) is 28.7 Å². The van der Waals surface area contributed by atoms with E-state index in [1.165, 1.54) is 4.90 Å². The summed E-state index contributed by atoms with van der Waals surface area (Å²) in [6.45, 7) is 3.73. The summed E-state index contributed by atoms with van der Waals surface area (Å²) in [5.74, 6) is 0.941. The number of allylic oxidation sites excluding steroid dienone is 2. The van der Waals surface area contributed by atoms with E-state index in [-0.39, 0.29) is 65.5 Å². The van der Waals surface area contributed by atoms with Crippen LogP contribution in [0.4, 0.5) is 5.69 Å². The van der Waals surface area contributed by atoms with Crippen molar-refractivity contribution in [2.75, 3.05) is 38.6 Å². The molecule has 1 aromatic rings. The number of nitrogens with zero attached hydrogens (tertiary/aromatic N) is 3. The van der Waals surface area contributed by atoms with E-state index in [1.54, 1.807) is 7.05 Å². The number of hydrogen-bond acceptors (Lipinski definition) is 4. The number of fused-ring (bicyclic) bond motifs is 5. The van der Waals surface area contributed by atoms with E-state index >= 15 is 0 Å². The van der Waals surface area contributed by atoms with Gasteiger partial charge in [0, 0.05) is 45.5 Å². The second-order valence-electron chi connectivity index (χ2n) is 8.50. The van der Waals surface area contributed by atoms with Gasteiger partial charge in [0.1, 0.15) is 0 Å². The lowest BCUT2D eigenvalue weighted by atomic mass is 9.85. The zero-order chi connectivity index (χ0) is 21.3. The van der Waals surface area contributed by atoms with Crippen LogP contribution in [0.5, 0.6) is 0 Å². The highest BCUT2D eigenvalue weighted by Crippen LogP contribution is 2.52. The summed E-state index contributed by atoms with van der Waals surface area (Å²) in [6, 6.07) is 10.5. The Kier molecular flexibility index (Phi) is 7.61. The van der Waals surface area contributed by atoms with Gasteiger partial charge in [0.2, 0.25) is 11.8 Å². The van der Waals surface area contributed by atoms with Gasteiger partial charge in [-0.15, -0.1) is 24.0 Å². The van der Waals surface area contributed by atoms with Crippen LogP contribution in [0.2, 0.25) is 0 Å². The molecule has 1 saturated heterocycles. The van der Waals surface area contributed by atoms with Gasteiger partial charge in [0.25, 0.3) is 0 Å². The Bertz CT molecular complexity index is 829. The predicted molar refractivity (Wildman–Crippen MR) is 134 cm³/mol. The standard InChI is InChI=1S/C23H31N5O2.HI/c1-15(27(3)18-7-5-4-6-8-18)14-26-23(24-2)25-11-12-28-21(29)19-16-9-10-17(13-16)20(19)22(28)30;/h4-10,15-17,19-20H,11-14H2,1-3H3,(H2,24,25,26);1H. The highest BCUT2D eigenvalue weighted by molar-refractivity contribution is 14.0. The van der Waals surface area contributed by atoms with Crippen molar-refractivity contribution in [1.29, 1.82) is 0 Å². The molecule has 2 N–H and O–H groups in total. The molecule has 2 amide bonds. The maximum atomic E-state index is 12.7. The zero-order valence-electron chi connectivity index (χ0n) is 18.3. The molecule has 7 nitrogen and oxygen atoms in total. The van der Waals surface area contributed by atoms with Crippen LogP contribution in [-0.2, 0) is 9.59 Å². The summed E-state index contributed by atoms with van der Waals surface area (Å²) >= 11 is 0. The quantitative estimate of drug-likeness (QED) is 0.183. The maximum absolute atomic E-state index is 12.7. The fourth-order valence-corrected chi connectivity index (χ4v) is 4.99. The second kappa shape index (κ2) is 10.0. The number of aliphatic imine (C=N–C) groups is 1. The highest BCUT2D eigenvalue weighted by atomic mass is 127. The Balaban J connectivity index is 0.00000272. The molecular weight excluding hydrogens is 505 g/mol. The van der Waals surface area contributed by atoms with E-state index in [1.807, 2.05) is 18.2 Å². The minimum Gasteiger partial charge on any atom is -0.370 e. The molecule has 0 aromatic heterocycles. The first-order valence-electron chi connectivity index (χ1n) is 10.8. The third-order valence-electron chi connectivity index (χ3n) is 6.80. The van der Waals surface area contributed by atoms with Crippen molar-refractivity contribution in [2.45, 2.75) is 19.4 Å². The molecular formula is C23H32IN5O2. The Hall–Kier alpha value is -2.10. The summed E-state index contributed by atoms with van der Waals surface area (Å²) < 4.78 is 0. The summed E-state index contributed by atoms with van der Waals surface area (Å²) in [4.78, 5) is 33.4. The first-order chi connectivity index (χ1) is 14.5. The van der Waals surface area contributed by atoms with Crippen molar-refractivity contribution < 1.29 is 9.59 Å². The van der Waals surface area contributed by atoms with E-state index in [0.29, 0.717) is 25.6 Å². The van der Waals surface area contributed by atoms with E-state index < -0.39 is 0 Å². The molecule has 168 valence electrons. The monoisotopic (exact) mass is 537 g/mol. The smallest absolute Gasteiger partial charge is 0.233 e. The van der Waals surface area contributed by atoms with Gasteiger partial charge in [-0.1, -0.05) is 30.4 Å². The van der Waals surface area contributed by atoms with E-state index in [4.69, 9.17) is 0 Å². The Morgan fingerprint density at radius 3 is 2.32 bits per heavy atom. The van der Waals surface area contributed by atoms with Crippen LogP contribution in [0.15, 0.2) is 47.5 Å². The third-order valence-corrected chi connectivity index (χ3v) is 6.80. The first kappa shape index (κ1) is 23.6. The largest absolute Gasteiger partial charge is 0.370 e. The van der Waals surface area contributed by atoms with Crippen molar-refractivity contribution in [3.8, 4) is 0 Å². The molecule has 2 fully saturated rings. The lowest BCUT2D eigenvalue weighted by Gasteiger charge is -2.28. The van der Waals surface area contributed by atoms with Gasteiger partial charge in [-0.3, -0.25) is 19.5 Å². The zero-order valence-corrected chi connectivity index (χ0v) is 20.7. The number of likely N-dealkylation sites (N-methyl/N-ethyl adjacent to an activating group) is 1. The van der Waals surface area contributed by atoms with Crippen molar-refractivity contribution in [3.63, 3.8) is 0 Å². The van der Waals surface area contributed by atoms with Crippen molar-refractivity contribution in [3.05, 3.63) is 42.5 Å². The maximum Gasteiger partial charge on any atom is 0.233 e. The van der Waals surface area contributed by atoms with E-state index in [2.05, 4.69) is 58.8 Å². The van der Waals surface area contributed by atoms with Crippen LogP contribution in [0.1, 0.15) is 13.3 Å². The number of halogens is 1. The van der Waals surface area contributed by atoms with Crippen molar-refractivity contribution in [1.82, 2.24) is 15.5 Å². The number of rotatable bonds is 7. The van der Waals surface area contributed by atoms with Gasteiger partial charge in [-0.05, 0) is 37.3 Å². The van der Waals surface area contributed by atoms with Gasteiger partial charge in [0.05, 0.1) is 11.8 Å². The number of nitrogens with one attached hydrogen (secondary N) is 2. The van der Waals surface area contributed by atoms with E-state index in [9.17, 15) is 9.59 Å². The number of guanidine groups is 1. The fraction of sp³-hybridized carbons (Fsp3) is 0.522. The molecule has 5 atom stereocenters. The Morgan fingerprint density at radius 1 is 1.13 bits per heavy atom. The molecule has 0 spiro atoms. The number of carbonyl (C=O) groups is 2. The number of anilines is 1. The molecule has 1 saturated carbocycles. The fourth-order valence-electron chi connectivity index (χ4n) is 4.99. The first-order valence-corrected chi connectivity index (χ1v) is 10.8. The lowest BCUT2D eigenvalue weighted by Crippen LogP contribution is -2.47. The van der Waals surface area contributed by atoms with Crippen LogP contribution in [0.3, 0.4) is 0 Å². The number of likely N-dealkylation sites (tertiary alicyclic amines) is 1. The van der Waals surface area contributed by atoms with Gasteiger partial charge >= 0.3 is 0 Å². The minimum absolute atomic E-state index is 0. The van der Waals surface area contributed by atoms with Gasteiger partial charge < -0.3 is 15.5 Å². The van der Waals surface area contributed by atoms with Crippen molar-refractivity contribution >= 4 is 47.4 Å². The number of amides is 2. The molecule has 8 heteroatoms. The molecule has 5 unspecified atom stereocenters. The number of para-hydroxylation sites is 1. The summed E-state index contributed by atoms with van der Waals surface area (Å²) in [5, 5.41) is 6.56.